The van der Waals surface area contributed by atoms with Gasteiger partial charge in [0.1, 0.15) is 0 Å². The van der Waals surface area contributed by atoms with E-state index in [0.717, 1.165) is 42.9 Å². The van der Waals surface area contributed by atoms with E-state index in [-0.39, 0.29) is 0 Å². The summed E-state index contributed by atoms with van der Waals surface area (Å²) in [6.07, 6.45) is 3.34. The lowest BCUT2D eigenvalue weighted by Crippen LogP contribution is -2.86. The van der Waals surface area contributed by atoms with Crippen LogP contribution in [0.2, 0.25) is 0 Å². The van der Waals surface area contributed by atoms with Crippen molar-refractivity contribution in [3.05, 3.63) is 29.8 Å². The fraction of sp³-hybridized carbons (Fsp3) is 0.769. The van der Waals surface area contributed by atoms with Crippen LogP contribution in [0.3, 0.4) is 0 Å². The monoisotopic (exact) mass is 436 g/mol. The molecule has 0 unspecified atom stereocenters. The zero-order chi connectivity index (χ0) is 24.2. The zero-order valence-electron chi connectivity index (χ0n) is 22.1. The molecule has 0 radical (unpaired) electrons. The lowest BCUT2D eigenvalue weighted by molar-refractivity contribution is -0.664. The second-order valence-corrected chi connectivity index (χ2v) is 10.3. The van der Waals surface area contributed by atoms with Gasteiger partial charge in [0.05, 0.1) is 26.2 Å². The first-order valence-electron chi connectivity index (χ1n) is 12.5. The van der Waals surface area contributed by atoms with E-state index in [1.54, 1.807) is 12.1 Å². The molecule has 4 N–H and O–H groups in total. The maximum absolute atomic E-state index is 10.5. The average Bonchev–Trinajstić information content (AvgIpc) is 2.66. The first-order chi connectivity index (χ1) is 14.5. The summed E-state index contributed by atoms with van der Waals surface area (Å²) < 4.78 is 0. The van der Waals surface area contributed by atoms with Crippen molar-refractivity contribution in [2.75, 3.05) is 26.2 Å². The number of hydrogen-bond acceptors (Lipinski definition) is 2. The molecule has 0 amide bonds. The Morgan fingerprint density at radius 1 is 0.677 bits per heavy atom. The smallest absolute Gasteiger partial charge is 0.0778 e. The molecule has 0 spiro atoms. The number of unbranched alkanes of at least 4 members (excludes halogenated alkanes) is 1. The Morgan fingerprint density at radius 2 is 1.03 bits per heavy atom. The molecule has 0 heterocycles. The molecule has 5 heteroatoms. The van der Waals surface area contributed by atoms with Crippen LogP contribution in [-0.4, -0.2) is 33.3 Å². The van der Waals surface area contributed by atoms with Crippen molar-refractivity contribution in [2.24, 2.45) is 23.7 Å². The predicted molar refractivity (Wildman–Crippen MR) is 133 cm³/mol. The van der Waals surface area contributed by atoms with E-state index < -0.39 is 7.12 Å². The minimum absolute atomic E-state index is 0.334. The summed E-state index contributed by atoms with van der Waals surface area (Å²) in [7, 11) is -1.85. The van der Waals surface area contributed by atoms with E-state index in [1.807, 2.05) is 12.1 Å². The van der Waals surface area contributed by atoms with Crippen molar-refractivity contribution in [1.82, 2.24) is 0 Å². The minimum Gasteiger partial charge on any atom is -0.889 e. The van der Waals surface area contributed by atoms with Gasteiger partial charge < -0.3 is 20.7 Å². The van der Waals surface area contributed by atoms with Crippen LogP contribution in [0, 0.1) is 23.7 Å². The molecular formula is C26H53BN2O2. The number of benzene rings is 1. The van der Waals surface area contributed by atoms with Crippen LogP contribution in [0.25, 0.3) is 0 Å². The van der Waals surface area contributed by atoms with Crippen molar-refractivity contribution in [2.45, 2.75) is 81.6 Å². The second-order valence-electron chi connectivity index (χ2n) is 10.3. The largest absolute Gasteiger partial charge is 0.889 e. The molecule has 1 aromatic carbocycles. The number of rotatable bonds is 12. The number of quaternary nitrogens is 2. The quantitative estimate of drug-likeness (QED) is 0.483. The van der Waals surface area contributed by atoms with Crippen LogP contribution in [0.15, 0.2) is 24.3 Å². The van der Waals surface area contributed by atoms with Crippen LogP contribution in [0.1, 0.15) is 80.7 Å². The van der Waals surface area contributed by atoms with Gasteiger partial charge in [0.25, 0.3) is 0 Å². The molecule has 0 fully saturated rings. The zero-order valence-corrected chi connectivity index (χ0v) is 22.1. The topological polar surface area (TPSA) is 79.3 Å². The summed E-state index contributed by atoms with van der Waals surface area (Å²) in [5.41, 5.74) is 1.53. The van der Waals surface area contributed by atoms with Crippen molar-refractivity contribution in [1.29, 1.82) is 0 Å². The van der Waals surface area contributed by atoms with E-state index >= 15 is 0 Å². The van der Waals surface area contributed by atoms with Crippen LogP contribution in [-0.2, 0) is 6.42 Å². The molecule has 0 aliphatic rings. The Labute approximate surface area is 194 Å². The van der Waals surface area contributed by atoms with Gasteiger partial charge in [0.15, 0.2) is 0 Å². The molecule has 0 aliphatic heterocycles. The second kappa shape index (κ2) is 21.0. The molecule has 0 bridgehead atoms. The van der Waals surface area contributed by atoms with E-state index in [2.05, 4.69) is 72.9 Å². The maximum atomic E-state index is 10.5. The molecule has 31 heavy (non-hydrogen) atoms. The summed E-state index contributed by atoms with van der Waals surface area (Å²) in [5, 5.41) is 25.8. The Balaban J connectivity index is 0. The van der Waals surface area contributed by atoms with Gasteiger partial charge in [-0.15, -0.1) is 5.46 Å². The highest BCUT2D eigenvalue weighted by Gasteiger charge is 1.98. The van der Waals surface area contributed by atoms with Gasteiger partial charge in [-0.25, -0.2) is 0 Å². The van der Waals surface area contributed by atoms with Crippen molar-refractivity contribution >= 4 is 12.6 Å². The molecule has 0 aliphatic carbocycles. The normalized spacial score (nSPS) is 10.8. The van der Waals surface area contributed by atoms with Gasteiger partial charge in [-0.2, -0.15) is 0 Å². The molecule has 0 atom stereocenters. The first kappa shape index (κ1) is 32.3. The minimum atomic E-state index is -1.85. The third-order valence-electron chi connectivity index (χ3n) is 4.62. The Morgan fingerprint density at radius 3 is 1.29 bits per heavy atom. The van der Waals surface area contributed by atoms with Gasteiger partial charge in [-0.1, -0.05) is 100 Å². The summed E-state index contributed by atoms with van der Waals surface area (Å²) >= 11 is 0. The standard InChI is InChI=1S/C10H13BO2.2C8H19N/c1-2-3-4-9-5-7-10(8-6-9)11(12)13;2*1-7(2)5-9-6-8(3)4/h5-8H,2-4H2,1H3;2*7-9H,5-6H2,1-4H3/q-2;;/p+2. The summed E-state index contributed by atoms with van der Waals surface area (Å²) in [6, 6.07) is 7.01. The molecule has 1 aromatic rings. The van der Waals surface area contributed by atoms with E-state index in [1.165, 1.54) is 31.7 Å². The predicted octanol–water partition coefficient (Wildman–Crippen LogP) is 1.17. The number of aryl methyl sites for hydroxylation is 1. The fourth-order valence-corrected chi connectivity index (χ4v) is 2.75. The van der Waals surface area contributed by atoms with Crippen molar-refractivity contribution < 1.29 is 20.7 Å². The Hall–Kier alpha value is -0.875. The molecule has 182 valence electrons. The van der Waals surface area contributed by atoms with Crippen LogP contribution in [0.5, 0.6) is 0 Å². The van der Waals surface area contributed by atoms with E-state index in [4.69, 9.17) is 0 Å². The lowest BCUT2D eigenvalue weighted by Gasteiger charge is -2.26. The highest BCUT2D eigenvalue weighted by atomic mass is 16.4. The molecule has 0 aromatic heterocycles. The third kappa shape index (κ3) is 25.3. The molecule has 0 saturated carbocycles. The molecule has 1 rings (SSSR count). The van der Waals surface area contributed by atoms with Crippen LogP contribution >= 0.6 is 0 Å². The number of hydrogen-bond donors (Lipinski definition) is 2. The van der Waals surface area contributed by atoms with Gasteiger partial charge in [-0.3, -0.25) is 0 Å². The van der Waals surface area contributed by atoms with Gasteiger partial charge in [-0.05, 0) is 18.4 Å². The fourth-order valence-electron chi connectivity index (χ4n) is 2.75. The van der Waals surface area contributed by atoms with Gasteiger partial charge in [0, 0.05) is 23.7 Å². The molecule has 4 nitrogen and oxygen atoms in total. The van der Waals surface area contributed by atoms with E-state index in [0.29, 0.717) is 5.46 Å². The number of nitrogens with two attached hydrogens (primary N) is 2. The van der Waals surface area contributed by atoms with Crippen LogP contribution < -0.4 is 26.1 Å². The highest BCUT2D eigenvalue weighted by molar-refractivity contribution is 6.55. The molecule has 0 saturated heterocycles. The van der Waals surface area contributed by atoms with Crippen molar-refractivity contribution in [3.8, 4) is 0 Å². The lowest BCUT2D eigenvalue weighted by atomic mass is 9.80. The summed E-state index contributed by atoms with van der Waals surface area (Å²) in [6.45, 7) is 25.3. The first-order valence-corrected chi connectivity index (χ1v) is 12.5. The maximum Gasteiger partial charge on any atom is 0.0778 e. The Kier molecular flexibility index (Phi) is 21.9. The highest BCUT2D eigenvalue weighted by Crippen LogP contribution is 2.02. The van der Waals surface area contributed by atoms with Gasteiger partial charge in [0.2, 0.25) is 0 Å². The third-order valence-corrected chi connectivity index (χ3v) is 4.62. The Bertz CT molecular complexity index is 455. The van der Waals surface area contributed by atoms with E-state index in [9.17, 15) is 10.0 Å². The summed E-state index contributed by atoms with van der Waals surface area (Å²) in [4.78, 5) is 0. The molecular weight excluding hydrogens is 383 g/mol. The average molecular weight is 437 g/mol. The summed E-state index contributed by atoms with van der Waals surface area (Å²) in [5.74, 6) is 3.35. The van der Waals surface area contributed by atoms with Crippen LogP contribution in [0.4, 0.5) is 0 Å². The SMILES string of the molecule is CC(C)C[NH2+]CC(C)C.CC(C)C[NH2+]CC(C)C.CCCCc1ccc(B([O-])[O-])cc1. The van der Waals surface area contributed by atoms with Gasteiger partial charge >= 0.3 is 0 Å². The van der Waals surface area contributed by atoms with Crippen molar-refractivity contribution in [3.63, 3.8) is 0 Å².